The molecule has 0 aliphatic heterocycles. The molecule has 0 unspecified atom stereocenters. The minimum Gasteiger partial charge on any atom is -0.450 e. The molecule has 1 fully saturated rings. The SMILES string of the molecule is O=C(Nc1ccc(Oc2ccc(F)cc2[N+](=O)[O-])cc1)C1CC1. The van der Waals surface area contributed by atoms with E-state index < -0.39 is 16.4 Å². The Bertz CT molecular complexity index is 757. The minimum absolute atomic E-state index is 0.00663. The summed E-state index contributed by atoms with van der Waals surface area (Å²) in [5, 5.41) is 13.7. The van der Waals surface area contributed by atoms with E-state index >= 15 is 0 Å². The van der Waals surface area contributed by atoms with Crippen molar-refractivity contribution in [3.8, 4) is 11.5 Å². The molecule has 1 N–H and O–H groups in total. The summed E-state index contributed by atoms with van der Waals surface area (Å²) in [5.41, 5.74) is 0.180. The van der Waals surface area contributed by atoms with Gasteiger partial charge in [0.25, 0.3) is 0 Å². The number of rotatable bonds is 5. The van der Waals surface area contributed by atoms with Crippen molar-refractivity contribution in [2.24, 2.45) is 5.92 Å². The van der Waals surface area contributed by atoms with E-state index in [9.17, 15) is 19.3 Å². The van der Waals surface area contributed by atoms with Crippen LogP contribution in [0.1, 0.15) is 12.8 Å². The average molecular weight is 316 g/mol. The molecule has 1 aliphatic rings. The monoisotopic (exact) mass is 316 g/mol. The molecular weight excluding hydrogens is 303 g/mol. The van der Waals surface area contributed by atoms with Gasteiger partial charge in [-0.1, -0.05) is 0 Å². The first-order valence-electron chi connectivity index (χ1n) is 7.05. The lowest BCUT2D eigenvalue weighted by Gasteiger charge is -2.08. The van der Waals surface area contributed by atoms with Gasteiger partial charge in [0.15, 0.2) is 0 Å². The van der Waals surface area contributed by atoms with E-state index in [0.717, 1.165) is 25.0 Å². The first-order valence-corrected chi connectivity index (χ1v) is 7.05. The standard InChI is InChI=1S/C16H13FN2O4/c17-11-3-8-15(14(9-11)19(21)22)23-13-6-4-12(5-7-13)18-16(20)10-1-2-10/h3-10H,1-2H2,(H,18,20). The summed E-state index contributed by atoms with van der Waals surface area (Å²) in [6.45, 7) is 0. The maximum absolute atomic E-state index is 13.1. The van der Waals surface area contributed by atoms with Crippen LogP contribution in [0.4, 0.5) is 15.8 Å². The second-order valence-electron chi connectivity index (χ2n) is 5.26. The number of nitro groups is 1. The third-order valence-corrected chi connectivity index (χ3v) is 3.42. The van der Waals surface area contributed by atoms with E-state index in [0.29, 0.717) is 11.4 Å². The van der Waals surface area contributed by atoms with Gasteiger partial charge in [0.05, 0.1) is 11.0 Å². The molecule has 118 valence electrons. The fraction of sp³-hybridized carbons (Fsp3) is 0.188. The highest BCUT2D eigenvalue weighted by atomic mass is 19.1. The maximum atomic E-state index is 13.1. The van der Waals surface area contributed by atoms with Gasteiger partial charge in [-0.05, 0) is 49.2 Å². The van der Waals surface area contributed by atoms with E-state index in [-0.39, 0.29) is 17.6 Å². The van der Waals surface area contributed by atoms with Crippen molar-refractivity contribution in [2.45, 2.75) is 12.8 Å². The molecule has 0 spiro atoms. The van der Waals surface area contributed by atoms with Crippen LogP contribution in [0.5, 0.6) is 11.5 Å². The van der Waals surface area contributed by atoms with E-state index in [4.69, 9.17) is 4.74 Å². The number of halogens is 1. The van der Waals surface area contributed by atoms with Gasteiger partial charge in [0.2, 0.25) is 11.7 Å². The number of amides is 1. The molecule has 0 bridgehead atoms. The van der Waals surface area contributed by atoms with Crippen LogP contribution >= 0.6 is 0 Å². The molecular formula is C16H13FN2O4. The van der Waals surface area contributed by atoms with Crippen molar-refractivity contribution in [1.82, 2.24) is 0 Å². The van der Waals surface area contributed by atoms with Gasteiger partial charge in [-0.3, -0.25) is 14.9 Å². The lowest BCUT2D eigenvalue weighted by molar-refractivity contribution is -0.385. The quantitative estimate of drug-likeness (QED) is 0.670. The molecule has 0 atom stereocenters. The third kappa shape index (κ3) is 3.63. The highest BCUT2D eigenvalue weighted by molar-refractivity contribution is 5.94. The Morgan fingerprint density at radius 2 is 1.91 bits per heavy atom. The van der Waals surface area contributed by atoms with Crippen LogP contribution in [0.15, 0.2) is 42.5 Å². The highest BCUT2D eigenvalue weighted by Crippen LogP contribution is 2.33. The van der Waals surface area contributed by atoms with Crippen LogP contribution < -0.4 is 10.1 Å². The molecule has 6 nitrogen and oxygen atoms in total. The number of hydrogen-bond acceptors (Lipinski definition) is 4. The van der Waals surface area contributed by atoms with Crippen LogP contribution in [0.25, 0.3) is 0 Å². The number of nitrogens with one attached hydrogen (secondary N) is 1. The number of nitro benzene ring substituents is 1. The van der Waals surface area contributed by atoms with Gasteiger partial charge in [-0.25, -0.2) is 4.39 Å². The second-order valence-corrected chi connectivity index (χ2v) is 5.26. The Morgan fingerprint density at radius 3 is 2.52 bits per heavy atom. The van der Waals surface area contributed by atoms with E-state index in [2.05, 4.69) is 5.32 Å². The number of hydrogen-bond donors (Lipinski definition) is 1. The summed E-state index contributed by atoms with van der Waals surface area (Å²) in [4.78, 5) is 21.9. The lowest BCUT2D eigenvalue weighted by Crippen LogP contribution is -2.12. The average Bonchev–Trinajstić information content (AvgIpc) is 3.35. The van der Waals surface area contributed by atoms with E-state index in [1.54, 1.807) is 24.3 Å². The molecule has 3 rings (SSSR count). The molecule has 1 saturated carbocycles. The molecule has 2 aromatic rings. The maximum Gasteiger partial charge on any atom is 0.314 e. The topological polar surface area (TPSA) is 81.5 Å². The van der Waals surface area contributed by atoms with Crippen molar-refractivity contribution in [2.75, 3.05) is 5.32 Å². The molecule has 0 heterocycles. The molecule has 1 aliphatic carbocycles. The summed E-state index contributed by atoms with van der Waals surface area (Å²) in [6, 6.07) is 9.55. The number of anilines is 1. The molecule has 23 heavy (non-hydrogen) atoms. The van der Waals surface area contributed by atoms with Crippen LogP contribution in [0.3, 0.4) is 0 Å². The van der Waals surface area contributed by atoms with Gasteiger partial charge in [0, 0.05) is 11.6 Å². The molecule has 0 saturated heterocycles. The zero-order valence-corrected chi connectivity index (χ0v) is 12.0. The Labute approximate surface area is 131 Å². The molecule has 2 aromatic carbocycles. The third-order valence-electron chi connectivity index (χ3n) is 3.42. The van der Waals surface area contributed by atoms with Gasteiger partial charge < -0.3 is 10.1 Å². The number of carbonyl (C=O) groups excluding carboxylic acids is 1. The highest BCUT2D eigenvalue weighted by Gasteiger charge is 2.29. The van der Waals surface area contributed by atoms with Crippen LogP contribution in [0.2, 0.25) is 0 Å². The van der Waals surface area contributed by atoms with Gasteiger partial charge in [-0.15, -0.1) is 0 Å². The van der Waals surface area contributed by atoms with Crippen molar-refractivity contribution in [1.29, 1.82) is 0 Å². The van der Waals surface area contributed by atoms with Gasteiger partial charge >= 0.3 is 5.69 Å². The van der Waals surface area contributed by atoms with E-state index in [1.807, 2.05) is 0 Å². The molecule has 0 radical (unpaired) electrons. The Balaban J connectivity index is 1.73. The fourth-order valence-corrected chi connectivity index (χ4v) is 2.04. The molecule has 7 heteroatoms. The number of benzene rings is 2. The predicted molar refractivity (Wildman–Crippen MR) is 80.9 cm³/mol. The summed E-state index contributed by atoms with van der Waals surface area (Å²) >= 11 is 0. The lowest BCUT2D eigenvalue weighted by atomic mass is 10.2. The predicted octanol–water partition coefficient (Wildman–Crippen LogP) is 3.87. The van der Waals surface area contributed by atoms with Crippen LogP contribution in [-0.2, 0) is 4.79 Å². The number of ether oxygens (including phenoxy) is 1. The van der Waals surface area contributed by atoms with Crippen molar-refractivity contribution in [3.05, 3.63) is 58.4 Å². The van der Waals surface area contributed by atoms with Crippen molar-refractivity contribution >= 4 is 17.3 Å². The van der Waals surface area contributed by atoms with Crippen molar-refractivity contribution < 1.29 is 18.8 Å². The van der Waals surface area contributed by atoms with Gasteiger partial charge in [0.1, 0.15) is 11.6 Å². The van der Waals surface area contributed by atoms with Crippen LogP contribution in [0, 0.1) is 21.8 Å². The first kappa shape index (κ1) is 15.0. The van der Waals surface area contributed by atoms with E-state index in [1.165, 1.54) is 6.07 Å². The Kier molecular flexibility index (Phi) is 3.92. The Hall–Kier alpha value is -2.96. The van der Waals surface area contributed by atoms with Gasteiger partial charge in [-0.2, -0.15) is 0 Å². The Morgan fingerprint density at radius 1 is 1.22 bits per heavy atom. The second kappa shape index (κ2) is 6.04. The molecule has 0 aromatic heterocycles. The summed E-state index contributed by atoms with van der Waals surface area (Å²) in [6.07, 6.45) is 1.84. The number of nitrogens with zero attached hydrogens (tertiary/aromatic N) is 1. The minimum atomic E-state index is -0.706. The summed E-state index contributed by atoms with van der Waals surface area (Å²) in [7, 11) is 0. The number of carbonyl (C=O) groups is 1. The summed E-state index contributed by atoms with van der Waals surface area (Å²) in [5.74, 6) is -0.307. The zero-order chi connectivity index (χ0) is 16.4. The fourth-order valence-electron chi connectivity index (χ4n) is 2.04. The molecule has 1 amide bonds. The van der Waals surface area contributed by atoms with Crippen LogP contribution in [-0.4, -0.2) is 10.8 Å². The smallest absolute Gasteiger partial charge is 0.314 e. The zero-order valence-electron chi connectivity index (χ0n) is 12.0. The summed E-state index contributed by atoms with van der Waals surface area (Å²) < 4.78 is 18.5. The largest absolute Gasteiger partial charge is 0.450 e. The van der Waals surface area contributed by atoms with Crippen molar-refractivity contribution in [3.63, 3.8) is 0 Å². The normalized spacial score (nSPS) is 13.4. The first-order chi connectivity index (χ1) is 11.0.